The van der Waals surface area contributed by atoms with E-state index < -0.39 is 6.10 Å². The zero-order chi connectivity index (χ0) is 19.4. The Morgan fingerprint density at radius 1 is 1.04 bits per heavy atom. The molecule has 2 atom stereocenters. The van der Waals surface area contributed by atoms with Crippen molar-refractivity contribution < 1.29 is 28.8 Å². The van der Waals surface area contributed by atoms with Crippen molar-refractivity contribution in [2.24, 2.45) is 0 Å². The summed E-state index contributed by atoms with van der Waals surface area (Å²) >= 11 is 0. The van der Waals surface area contributed by atoms with Crippen molar-refractivity contribution in [3.8, 4) is 23.0 Å². The monoisotopic (exact) mass is 370 g/mol. The van der Waals surface area contributed by atoms with Gasteiger partial charge in [0, 0.05) is 5.56 Å². The van der Waals surface area contributed by atoms with Crippen molar-refractivity contribution in [1.82, 2.24) is 0 Å². The second-order valence-corrected chi connectivity index (χ2v) is 6.08. The van der Waals surface area contributed by atoms with Crippen molar-refractivity contribution in [1.29, 1.82) is 0 Å². The third kappa shape index (κ3) is 3.48. The molecule has 2 aromatic carbocycles. The highest BCUT2D eigenvalue weighted by Gasteiger charge is 2.37. The van der Waals surface area contributed by atoms with Crippen LogP contribution in [0.25, 0.3) is 6.08 Å². The van der Waals surface area contributed by atoms with Crippen LogP contribution in [0.2, 0.25) is 0 Å². The van der Waals surface area contributed by atoms with Gasteiger partial charge in [-0.2, -0.15) is 0 Å². The summed E-state index contributed by atoms with van der Waals surface area (Å²) < 4.78 is 22.3. The van der Waals surface area contributed by atoms with Gasteiger partial charge in [0.15, 0.2) is 23.0 Å². The van der Waals surface area contributed by atoms with Gasteiger partial charge in [0.25, 0.3) is 0 Å². The summed E-state index contributed by atoms with van der Waals surface area (Å²) in [6.07, 6.45) is 3.42. The maximum atomic E-state index is 10.6. The number of ether oxygens (including phenoxy) is 4. The molecule has 0 saturated carbocycles. The largest absolute Gasteiger partial charge is 0.493 e. The average Bonchev–Trinajstić information content (AvgIpc) is 3.09. The molecule has 6 nitrogen and oxygen atoms in total. The summed E-state index contributed by atoms with van der Waals surface area (Å²) in [6.45, 7) is -0.101. The molecule has 1 N–H and O–H groups in total. The van der Waals surface area contributed by atoms with Crippen LogP contribution >= 0.6 is 0 Å². The molecule has 142 valence electrons. The van der Waals surface area contributed by atoms with Gasteiger partial charge >= 0.3 is 0 Å². The van der Waals surface area contributed by atoms with E-state index in [9.17, 15) is 9.90 Å². The predicted molar refractivity (Wildman–Crippen MR) is 101 cm³/mol. The number of allylic oxidation sites excluding steroid dienone is 1. The molecular weight excluding hydrogens is 348 g/mol. The van der Waals surface area contributed by atoms with E-state index in [1.165, 1.54) is 6.08 Å². The lowest BCUT2D eigenvalue weighted by Crippen LogP contribution is -2.13. The highest BCUT2D eigenvalue weighted by molar-refractivity contribution is 5.75. The number of fused-ring (bicyclic) bond motifs is 1. The van der Waals surface area contributed by atoms with Crippen LogP contribution in [0.4, 0.5) is 0 Å². The summed E-state index contributed by atoms with van der Waals surface area (Å²) in [5.41, 5.74) is 2.49. The molecule has 2 aromatic rings. The highest BCUT2D eigenvalue weighted by atomic mass is 16.5. The Bertz CT molecular complexity index is 858. The zero-order valence-corrected chi connectivity index (χ0v) is 15.5. The van der Waals surface area contributed by atoms with Gasteiger partial charge in [-0.05, 0) is 41.5 Å². The molecule has 6 heteroatoms. The number of benzene rings is 2. The van der Waals surface area contributed by atoms with Crippen LogP contribution in [0, 0.1) is 0 Å². The fourth-order valence-electron chi connectivity index (χ4n) is 3.34. The first-order chi connectivity index (χ1) is 13.2. The van der Waals surface area contributed by atoms with E-state index in [2.05, 4.69) is 0 Å². The summed E-state index contributed by atoms with van der Waals surface area (Å²) in [6, 6.07) is 9.24. The second kappa shape index (κ2) is 8.14. The van der Waals surface area contributed by atoms with Gasteiger partial charge in [-0.25, -0.2) is 0 Å². The number of carbonyl (C=O) groups excluding carboxylic acids is 1. The Kier molecular flexibility index (Phi) is 5.66. The molecule has 0 aromatic heterocycles. The smallest absolute Gasteiger partial charge is 0.165 e. The lowest BCUT2D eigenvalue weighted by molar-refractivity contribution is -0.104. The van der Waals surface area contributed by atoms with Crippen LogP contribution < -0.4 is 18.9 Å². The summed E-state index contributed by atoms with van der Waals surface area (Å²) in [4.78, 5) is 10.6. The SMILES string of the molecule is COc1ccc([C@@H]2Oc3c(OC)cc(/C=C/C=O)cc3[C@H]2CO)cc1OC. The first kappa shape index (κ1) is 18.8. The minimum absolute atomic E-state index is 0.101. The predicted octanol–water partition coefficient (Wildman–Crippen LogP) is 3.13. The molecule has 0 saturated heterocycles. The molecule has 0 amide bonds. The lowest BCUT2D eigenvalue weighted by Gasteiger charge is -2.19. The Morgan fingerprint density at radius 3 is 2.41 bits per heavy atom. The Balaban J connectivity index is 2.05. The van der Waals surface area contributed by atoms with Crippen LogP contribution in [0.3, 0.4) is 0 Å². The molecular formula is C21H22O6. The second-order valence-electron chi connectivity index (χ2n) is 6.08. The quantitative estimate of drug-likeness (QED) is 0.596. The number of hydrogen-bond donors (Lipinski definition) is 1. The minimum atomic E-state index is -0.399. The van der Waals surface area contributed by atoms with Gasteiger partial charge in [-0.3, -0.25) is 4.79 Å². The van der Waals surface area contributed by atoms with Crippen molar-refractivity contribution in [3.05, 3.63) is 53.1 Å². The number of aldehydes is 1. The zero-order valence-electron chi connectivity index (χ0n) is 15.5. The van der Waals surface area contributed by atoms with Crippen LogP contribution in [0.15, 0.2) is 36.4 Å². The fraction of sp³-hybridized carbons (Fsp3) is 0.286. The van der Waals surface area contributed by atoms with Gasteiger partial charge in [0.2, 0.25) is 0 Å². The van der Waals surface area contributed by atoms with Crippen LogP contribution in [0.1, 0.15) is 28.7 Å². The molecule has 0 aliphatic carbocycles. The average molecular weight is 370 g/mol. The van der Waals surface area contributed by atoms with E-state index in [1.807, 2.05) is 24.3 Å². The summed E-state index contributed by atoms with van der Waals surface area (Å²) in [5.74, 6) is 2.08. The van der Waals surface area contributed by atoms with E-state index in [-0.39, 0.29) is 12.5 Å². The number of hydrogen-bond acceptors (Lipinski definition) is 6. The van der Waals surface area contributed by atoms with Crippen molar-refractivity contribution >= 4 is 12.4 Å². The molecule has 1 heterocycles. The Morgan fingerprint density at radius 2 is 1.78 bits per heavy atom. The number of aliphatic hydroxyl groups is 1. The van der Waals surface area contributed by atoms with E-state index >= 15 is 0 Å². The molecule has 0 spiro atoms. The van der Waals surface area contributed by atoms with Gasteiger partial charge in [0.05, 0.1) is 33.9 Å². The standard InChI is InChI=1S/C21H22O6/c1-24-17-7-6-14(11-18(17)25-2)20-16(12-23)15-9-13(5-4-8-22)10-19(26-3)21(15)27-20/h4-11,16,20,23H,12H2,1-3H3/b5-4+/t16-,20+/m1/s1. The molecule has 27 heavy (non-hydrogen) atoms. The van der Waals surface area contributed by atoms with Crippen LogP contribution in [-0.4, -0.2) is 39.3 Å². The Labute approximate surface area is 157 Å². The minimum Gasteiger partial charge on any atom is -0.493 e. The molecule has 0 bridgehead atoms. The third-order valence-corrected chi connectivity index (χ3v) is 4.64. The first-order valence-corrected chi connectivity index (χ1v) is 8.50. The maximum absolute atomic E-state index is 10.6. The fourth-order valence-corrected chi connectivity index (χ4v) is 3.34. The summed E-state index contributed by atoms with van der Waals surface area (Å²) in [5, 5.41) is 10.1. The van der Waals surface area contributed by atoms with Gasteiger partial charge < -0.3 is 24.1 Å². The molecule has 0 fully saturated rings. The molecule has 3 rings (SSSR count). The van der Waals surface area contributed by atoms with Gasteiger partial charge in [-0.1, -0.05) is 12.1 Å². The molecule has 1 aliphatic heterocycles. The Hall–Kier alpha value is -2.99. The number of rotatable bonds is 7. The van der Waals surface area contributed by atoms with E-state index in [0.717, 1.165) is 16.7 Å². The first-order valence-electron chi connectivity index (χ1n) is 8.50. The third-order valence-electron chi connectivity index (χ3n) is 4.64. The lowest BCUT2D eigenvalue weighted by atomic mass is 9.90. The van der Waals surface area contributed by atoms with Gasteiger partial charge in [0.1, 0.15) is 12.4 Å². The maximum Gasteiger partial charge on any atom is 0.165 e. The van der Waals surface area contributed by atoms with Crippen molar-refractivity contribution in [3.63, 3.8) is 0 Å². The molecule has 0 radical (unpaired) electrons. The number of aliphatic hydroxyl groups excluding tert-OH is 1. The molecule has 0 unspecified atom stereocenters. The van der Waals surface area contributed by atoms with E-state index in [4.69, 9.17) is 18.9 Å². The van der Waals surface area contributed by atoms with Gasteiger partial charge in [-0.15, -0.1) is 0 Å². The van der Waals surface area contributed by atoms with Crippen molar-refractivity contribution in [2.45, 2.75) is 12.0 Å². The number of carbonyl (C=O) groups is 1. The van der Waals surface area contributed by atoms with E-state index in [0.29, 0.717) is 29.3 Å². The van der Waals surface area contributed by atoms with Crippen LogP contribution in [-0.2, 0) is 4.79 Å². The number of methoxy groups -OCH3 is 3. The molecule has 1 aliphatic rings. The topological polar surface area (TPSA) is 74.2 Å². The van der Waals surface area contributed by atoms with E-state index in [1.54, 1.807) is 33.5 Å². The van der Waals surface area contributed by atoms with Crippen molar-refractivity contribution in [2.75, 3.05) is 27.9 Å². The highest BCUT2D eigenvalue weighted by Crippen LogP contribution is 2.51. The normalized spacial score (nSPS) is 18.1. The summed E-state index contributed by atoms with van der Waals surface area (Å²) in [7, 11) is 4.71. The van der Waals surface area contributed by atoms with Crippen LogP contribution in [0.5, 0.6) is 23.0 Å².